The quantitative estimate of drug-likeness (QED) is 0.695. The molecular formula is C21H26N4O2. The van der Waals surface area contributed by atoms with Crippen molar-refractivity contribution in [2.24, 2.45) is 0 Å². The first-order valence-corrected chi connectivity index (χ1v) is 8.92. The maximum absolute atomic E-state index is 9.54. The second kappa shape index (κ2) is 9.64. The fourth-order valence-electron chi connectivity index (χ4n) is 2.74. The van der Waals surface area contributed by atoms with E-state index < -0.39 is 0 Å². The van der Waals surface area contributed by atoms with Gasteiger partial charge in [-0.3, -0.25) is 4.98 Å². The fraction of sp³-hybridized carbons (Fsp3) is 0.286. The van der Waals surface area contributed by atoms with E-state index in [0.717, 1.165) is 28.2 Å². The van der Waals surface area contributed by atoms with Crippen molar-refractivity contribution < 1.29 is 9.84 Å². The Morgan fingerprint density at radius 2 is 1.78 bits per heavy atom. The smallest absolute Gasteiger partial charge is 0.227 e. The second-order valence-electron chi connectivity index (χ2n) is 5.72. The van der Waals surface area contributed by atoms with Gasteiger partial charge in [-0.1, -0.05) is 13.8 Å². The summed E-state index contributed by atoms with van der Waals surface area (Å²) in [7, 11) is 1.60. The molecule has 6 heteroatoms. The molecule has 0 spiro atoms. The van der Waals surface area contributed by atoms with Crippen LogP contribution in [0.4, 0.5) is 11.6 Å². The number of nitrogens with one attached hydrogen (secondary N) is 1. The minimum atomic E-state index is -0.100. The Bertz CT molecular complexity index is 897. The Balaban J connectivity index is 0.00000126. The Morgan fingerprint density at radius 3 is 2.44 bits per heavy atom. The van der Waals surface area contributed by atoms with Gasteiger partial charge in [0.1, 0.15) is 5.75 Å². The van der Waals surface area contributed by atoms with Crippen molar-refractivity contribution in [1.29, 1.82) is 0 Å². The minimum Gasteiger partial charge on any atom is -0.496 e. The zero-order chi connectivity index (χ0) is 19.8. The number of aliphatic hydroxyl groups is 1. The molecule has 0 radical (unpaired) electrons. The van der Waals surface area contributed by atoms with Crippen molar-refractivity contribution in [3.8, 4) is 17.0 Å². The number of pyridine rings is 1. The fourth-order valence-corrected chi connectivity index (χ4v) is 2.74. The minimum absolute atomic E-state index is 0.100. The van der Waals surface area contributed by atoms with E-state index in [1.54, 1.807) is 19.5 Å². The summed E-state index contributed by atoms with van der Waals surface area (Å²) in [6.45, 7) is 7.78. The number of benzene rings is 1. The number of aromatic nitrogens is 3. The highest BCUT2D eigenvalue weighted by molar-refractivity contribution is 5.64. The average Bonchev–Trinajstić information content (AvgIpc) is 2.69. The standard InChI is InChI=1S/C19H20N4O2.C2H6/c1-12-8-16(10-15(11-24)18(12)25-3)22-19-21-7-5-17(23-19)14-4-6-20-13(2)9-14;1-2/h4-10,24H,11H2,1-3H3,(H,21,22,23);1-2H3. The predicted molar refractivity (Wildman–Crippen MR) is 108 cm³/mol. The molecule has 0 saturated carbocycles. The van der Waals surface area contributed by atoms with E-state index in [1.807, 2.05) is 58.0 Å². The number of rotatable bonds is 5. The molecule has 2 N–H and O–H groups in total. The Labute approximate surface area is 160 Å². The third kappa shape index (κ3) is 5.01. The lowest BCUT2D eigenvalue weighted by atomic mass is 10.1. The lowest BCUT2D eigenvalue weighted by Crippen LogP contribution is -2.01. The first kappa shape index (κ1) is 20.3. The van der Waals surface area contributed by atoms with Gasteiger partial charge in [0.2, 0.25) is 5.95 Å². The maximum atomic E-state index is 9.54. The van der Waals surface area contributed by atoms with Gasteiger partial charge in [0.05, 0.1) is 19.4 Å². The number of anilines is 2. The molecule has 142 valence electrons. The molecule has 6 nitrogen and oxygen atoms in total. The van der Waals surface area contributed by atoms with Crippen LogP contribution >= 0.6 is 0 Å². The van der Waals surface area contributed by atoms with E-state index >= 15 is 0 Å². The van der Waals surface area contributed by atoms with Crippen LogP contribution in [0.15, 0.2) is 42.7 Å². The molecule has 0 atom stereocenters. The molecule has 0 aliphatic rings. The molecule has 3 aromatic rings. The second-order valence-corrected chi connectivity index (χ2v) is 5.72. The van der Waals surface area contributed by atoms with Gasteiger partial charge in [-0.2, -0.15) is 0 Å². The first-order valence-electron chi connectivity index (χ1n) is 8.92. The number of aryl methyl sites for hydroxylation is 2. The topological polar surface area (TPSA) is 80.2 Å². The van der Waals surface area contributed by atoms with Crippen LogP contribution in [0.3, 0.4) is 0 Å². The molecule has 1 aromatic carbocycles. The van der Waals surface area contributed by atoms with Gasteiger partial charge in [-0.25, -0.2) is 9.97 Å². The van der Waals surface area contributed by atoms with Crippen molar-refractivity contribution in [3.05, 3.63) is 59.5 Å². The van der Waals surface area contributed by atoms with E-state index in [1.165, 1.54) is 0 Å². The zero-order valence-electron chi connectivity index (χ0n) is 16.4. The summed E-state index contributed by atoms with van der Waals surface area (Å²) in [4.78, 5) is 13.0. The van der Waals surface area contributed by atoms with Gasteiger partial charge < -0.3 is 15.2 Å². The molecule has 2 aromatic heterocycles. The molecule has 3 rings (SSSR count). The normalized spacial score (nSPS) is 10.0. The summed E-state index contributed by atoms with van der Waals surface area (Å²) < 4.78 is 5.34. The van der Waals surface area contributed by atoms with E-state index in [-0.39, 0.29) is 6.61 Å². The van der Waals surface area contributed by atoms with Crippen LogP contribution in [-0.4, -0.2) is 27.2 Å². The van der Waals surface area contributed by atoms with Crippen LogP contribution < -0.4 is 10.1 Å². The van der Waals surface area contributed by atoms with Gasteiger partial charge in [-0.05, 0) is 49.7 Å². The predicted octanol–water partition coefficient (Wildman–Crippen LogP) is 4.43. The average molecular weight is 366 g/mol. The van der Waals surface area contributed by atoms with E-state index in [0.29, 0.717) is 17.3 Å². The lowest BCUT2D eigenvalue weighted by Gasteiger charge is -2.13. The van der Waals surface area contributed by atoms with Crippen molar-refractivity contribution in [2.75, 3.05) is 12.4 Å². The van der Waals surface area contributed by atoms with Crippen molar-refractivity contribution >= 4 is 11.6 Å². The summed E-state index contributed by atoms with van der Waals surface area (Å²) in [6, 6.07) is 9.52. The lowest BCUT2D eigenvalue weighted by molar-refractivity contribution is 0.273. The number of hydrogen-bond acceptors (Lipinski definition) is 6. The third-order valence-corrected chi connectivity index (χ3v) is 3.83. The van der Waals surface area contributed by atoms with E-state index in [9.17, 15) is 5.11 Å². The number of methoxy groups -OCH3 is 1. The summed E-state index contributed by atoms with van der Waals surface area (Å²) in [6.07, 6.45) is 3.48. The van der Waals surface area contributed by atoms with Crippen molar-refractivity contribution in [3.63, 3.8) is 0 Å². The van der Waals surface area contributed by atoms with E-state index in [4.69, 9.17) is 4.74 Å². The monoisotopic (exact) mass is 366 g/mol. The van der Waals surface area contributed by atoms with Crippen LogP contribution in [-0.2, 0) is 6.61 Å². The molecule has 0 amide bonds. The van der Waals surface area contributed by atoms with E-state index in [2.05, 4.69) is 20.3 Å². The zero-order valence-corrected chi connectivity index (χ0v) is 16.4. The summed E-state index contributed by atoms with van der Waals surface area (Å²) in [5.74, 6) is 1.18. The third-order valence-electron chi connectivity index (χ3n) is 3.83. The molecule has 0 aliphatic heterocycles. The molecule has 0 aliphatic carbocycles. The van der Waals surface area contributed by atoms with Crippen molar-refractivity contribution in [2.45, 2.75) is 34.3 Å². The van der Waals surface area contributed by atoms with Gasteiger partial charge >= 0.3 is 0 Å². The SMILES string of the molecule is CC.COc1c(C)cc(Nc2nccc(-c3ccnc(C)c3)n2)cc1CO. The molecular weight excluding hydrogens is 340 g/mol. The Morgan fingerprint density at radius 1 is 1.04 bits per heavy atom. The number of nitrogens with zero attached hydrogens (tertiary/aromatic N) is 3. The van der Waals surface area contributed by atoms with Gasteiger partial charge in [-0.15, -0.1) is 0 Å². The van der Waals surface area contributed by atoms with Crippen LogP contribution in [0.5, 0.6) is 5.75 Å². The van der Waals surface area contributed by atoms with Crippen molar-refractivity contribution in [1.82, 2.24) is 15.0 Å². The van der Waals surface area contributed by atoms with Crippen LogP contribution in [0.2, 0.25) is 0 Å². The molecule has 27 heavy (non-hydrogen) atoms. The van der Waals surface area contributed by atoms with Crippen LogP contribution in [0, 0.1) is 13.8 Å². The first-order chi connectivity index (χ1) is 13.1. The van der Waals surface area contributed by atoms with Gasteiger partial charge in [0, 0.05) is 34.9 Å². The summed E-state index contributed by atoms with van der Waals surface area (Å²) >= 11 is 0. The van der Waals surface area contributed by atoms with Gasteiger partial charge in [0.25, 0.3) is 0 Å². The Hall–Kier alpha value is -2.99. The van der Waals surface area contributed by atoms with Crippen LogP contribution in [0.1, 0.15) is 30.7 Å². The van der Waals surface area contributed by atoms with Crippen LogP contribution in [0.25, 0.3) is 11.3 Å². The number of ether oxygens (including phenoxy) is 1. The molecule has 0 bridgehead atoms. The summed E-state index contributed by atoms with van der Waals surface area (Å²) in [5, 5.41) is 12.7. The highest BCUT2D eigenvalue weighted by Crippen LogP contribution is 2.29. The highest BCUT2D eigenvalue weighted by atomic mass is 16.5. The number of aliphatic hydroxyl groups excluding tert-OH is 1. The maximum Gasteiger partial charge on any atom is 0.227 e. The highest BCUT2D eigenvalue weighted by Gasteiger charge is 2.10. The largest absolute Gasteiger partial charge is 0.496 e. The molecule has 0 fully saturated rings. The molecule has 0 saturated heterocycles. The van der Waals surface area contributed by atoms with Gasteiger partial charge in [0.15, 0.2) is 0 Å². The molecule has 2 heterocycles. The number of hydrogen-bond donors (Lipinski definition) is 2. The Kier molecular flexibility index (Phi) is 7.25. The summed E-state index contributed by atoms with van der Waals surface area (Å²) in [5.41, 5.74) is 5.17. The molecule has 0 unspecified atom stereocenters.